The van der Waals surface area contributed by atoms with Gasteiger partial charge in [-0.2, -0.15) is 0 Å². The molecule has 4 nitrogen and oxygen atoms in total. The minimum Gasteiger partial charge on any atom is -0.339 e. The van der Waals surface area contributed by atoms with Crippen molar-refractivity contribution in [2.24, 2.45) is 0 Å². The zero-order valence-electron chi connectivity index (χ0n) is 6.13. The van der Waals surface area contributed by atoms with Crippen LogP contribution in [0.15, 0.2) is 17.1 Å². The third-order valence-corrected chi connectivity index (χ3v) is 1.60. The molecular weight excluding hydrogens is 162 g/mol. The van der Waals surface area contributed by atoms with Gasteiger partial charge in [-0.05, 0) is 19.3 Å². The number of aromatic amines is 1. The lowest BCUT2D eigenvalue weighted by atomic mass is 10.6. The van der Waals surface area contributed by atoms with Gasteiger partial charge in [-0.25, -0.2) is 0 Å². The van der Waals surface area contributed by atoms with Gasteiger partial charge in [-0.3, -0.25) is 9.36 Å². The summed E-state index contributed by atoms with van der Waals surface area (Å²) in [6.07, 6.45) is 1.54. The summed E-state index contributed by atoms with van der Waals surface area (Å²) in [6, 6.07) is 1.44. The van der Waals surface area contributed by atoms with E-state index in [1.165, 1.54) is 16.8 Å². The van der Waals surface area contributed by atoms with E-state index in [0.29, 0.717) is 11.4 Å². The Morgan fingerprint density at radius 1 is 1.82 bits per heavy atom. The van der Waals surface area contributed by atoms with Crippen LogP contribution in [0.4, 0.5) is 0 Å². The van der Waals surface area contributed by atoms with Gasteiger partial charge < -0.3 is 10.3 Å². The highest BCUT2D eigenvalue weighted by atomic mass is 32.1. The Balaban J connectivity index is 3.22. The Morgan fingerprint density at radius 2 is 2.55 bits per heavy atom. The molecule has 0 fully saturated rings. The molecule has 5 heteroatoms. The van der Waals surface area contributed by atoms with Crippen molar-refractivity contribution < 1.29 is 0 Å². The van der Waals surface area contributed by atoms with Gasteiger partial charge in [0.1, 0.15) is 0 Å². The zero-order valence-corrected chi connectivity index (χ0v) is 6.94. The van der Waals surface area contributed by atoms with Crippen LogP contribution in [0.3, 0.4) is 0 Å². The van der Waals surface area contributed by atoms with Crippen LogP contribution in [0, 0.1) is 4.77 Å². The number of rotatable bonds is 2. The summed E-state index contributed by atoms with van der Waals surface area (Å²) in [7, 11) is 1.76. The topological polar surface area (TPSA) is 49.8 Å². The lowest BCUT2D eigenvalue weighted by Crippen LogP contribution is -2.26. The van der Waals surface area contributed by atoms with Crippen molar-refractivity contribution >= 4 is 12.2 Å². The van der Waals surface area contributed by atoms with E-state index in [2.05, 4.69) is 10.3 Å². The lowest BCUT2D eigenvalue weighted by Gasteiger charge is -2.01. The molecule has 1 rings (SSSR count). The number of hydrogen-bond acceptors (Lipinski definition) is 3. The molecule has 0 aliphatic carbocycles. The first-order valence-corrected chi connectivity index (χ1v) is 3.59. The molecule has 0 amide bonds. The van der Waals surface area contributed by atoms with Crippen LogP contribution in [0.1, 0.15) is 0 Å². The summed E-state index contributed by atoms with van der Waals surface area (Å²) in [4.78, 5) is 13.8. The van der Waals surface area contributed by atoms with E-state index in [0.717, 1.165) is 0 Å². The largest absolute Gasteiger partial charge is 0.339 e. The van der Waals surface area contributed by atoms with Crippen molar-refractivity contribution in [3.05, 3.63) is 27.4 Å². The van der Waals surface area contributed by atoms with E-state index in [4.69, 9.17) is 12.2 Å². The van der Waals surface area contributed by atoms with Crippen molar-refractivity contribution in [3.63, 3.8) is 0 Å². The van der Waals surface area contributed by atoms with Crippen LogP contribution in [0.5, 0.6) is 0 Å². The smallest absolute Gasteiger partial charge is 0.255 e. The molecule has 0 aromatic carbocycles. The number of H-pyrrole nitrogens is 1. The van der Waals surface area contributed by atoms with Gasteiger partial charge in [-0.1, -0.05) is 0 Å². The Hall–Kier alpha value is -0.940. The Kier molecular flexibility index (Phi) is 2.56. The molecule has 0 spiro atoms. The monoisotopic (exact) mass is 171 g/mol. The Labute approximate surface area is 68.9 Å². The molecule has 60 valence electrons. The average Bonchev–Trinajstić information content (AvgIpc) is 1.97. The van der Waals surface area contributed by atoms with E-state index in [1.54, 1.807) is 7.05 Å². The maximum Gasteiger partial charge on any atom is 0.255 e. The van der Waals surface area contributed by atoms with Gasteiger partial charge >= 0.3 is 0 Å². The van der Waals surface area contributed by atoms with Crippen molar-refractivity contribution in [2.75, 3.05) is 7.05 Å². The van der Waals surface area contributed by atoms with E-state index >= 15 is 0 Å². The molecule has 1 aromatic rings. The van der Waals surface area contributed by atoms with Crippen molar-refractivity contribution in [2.45, 2.75) is 6.67 Å². The maximum atomic E-state index is 11.1. The summed E-state index contributed by atoms with van der Waals surface area (Å²) in [6.45, 7) is 0.439. The van der Waals surface area contributed by atoms with Gasteiger partial charge in [-0.15, -0.1) is 0 Å². The number of aromatic nitrogens is 2. The molecule has 0 radical (unpaired) electrons. The predicted octanol–water partition coefficient (Wildman–Crippen LogP) is 0.0828. The highest BCUT2D eigenvalue weighted by Gasteiger charge is 1.92. The summed E-state index contributed by atoms with van der Waals surface area (Å²) < 4.78 is 1.88. The molecule has 2 N–H and O–H groups in total. The Bertz CT molecular complexity index is 312. The normalized spacial score (nSPS) is 9.91. The van der Waals surface area contributed by atoms with Crippen molar-refractivity contribution in [1.82, 2.24) is 14.9 Å². The second-order valence-electron chi connectivity index (χ2n) is 2.06. The molecule has 0 saturated carbocycles. The average molecular weight is 171 g/mol. The summed E-state index contributed by atoms with van der Waals surface area (Å²) >= 11 is 4.87. The molecule has 0 unspecified atom stereocenters. The van der Waals surface area contributed by atoms with Crippen molar-refractivity contribution in [3.8, 4) is 0 Å². The van der Waals surface area contributed by atoms with Crippen LogP contribution in [-0.4, -0.2) is 16.6 Å². The SMILES string of the molecule is CNCn1c(=O)cc[nH]c1=S. The minimum absolute atomic E-state index is 0.0944. The molecule has 0 aliphatic rings. The van der Waals surface area contributed by atoms with Gasteiger partial charge in [0.25, 0.3) is 5.56 Å². The third-order valence-electron chi connectivity index (χ3n) is 1.26. The van der Waals surface area contributed by atoms with Gasteiger partial charge in [0.05, 0.1) is 6.67 Å². The molecule has 0 saturated heterocycles. The zero-order chi connectivity index (χ0) is 8.27. The number of nitrogens with zero attached hydrogens (tertiary/aromatic N) is 1. The molecule has 0 aliphatic heterocycles. The molecular formula is C6H9N3OS. The second-order valence-corrected chi connectivity index (χ2v) is 2.45. The molecule has 11 heavy (non-hydrogen) atoms. The van der Waals surface area contributed by atoms with Gasteiger partial charge in [0.2, 0.25) is 0 Å². The first kappa shape index (κ1) is 8.16. The fourth-order valence-corrected chi connectivity index (χ4v) is 0.983. The fourth-order valence-electron chi connectivity index (χ4n) is 0.760. The number of hydrogen-bond donors (Lipinski definition) is 2. The lowest BCUT2D eigenvalue weighted by molar-refractivity contribution is 0.580. The quantitative estimate of drug-likeness (QED) is 0.620. The highest BCUT2D eigenvalue weighted by Crippen LogP contribution is 1.79. The predicted molar refractivity (Wildman–Crippen MR) is 44.9 cm³/mol. The molecule has 0 atom stereocenters. The highest BCUT2D eigenvalue weighted by molar-refractivity contribution is 7.71. The summed E-state index contributed by atoms with van der Waals surface area (Å²) in [5, 5.41) is 2.84. The van der Waals surface area contributed by atoms with Gasteiger partial charge in [0.15, 0.2) is 4.77 Å². The van der Waals surface area contributed by atoms with Crippen LogP contribution in [0.25, 0.3) is 0 Å². The van der Waals surface area contributed by atoms with E-state index in [-0.39, 0.29) is 5.56 Å². The van der Waals surface area contributed by atoms with Crippen LogP contribution in [0.2, 0.25) is 0 Å². The molecule has 1 aromatic heterocycles. The molecule has 1 heterocycles. The maximum absolute atomic E-state index is 11.1. The van der Waals surface area contributed by atoms with Crippen molar-refractivity contribution in [1.29, 1.82) is 0 Å². The Morgan fingerprint density at radius 3 is 3.09 bits per heavy atom. The minimum atomic E-state index is -0.0944. The third kappa shape index (κ3) is 1.75. The first-order chi connectivity index (χ1) is 5.25. The summed E-state index contributed by atoms with van der Waals surface area (Å²) in [5.41, 5.74) is -0.0944. The number of nitrogens with one attached hydrogen (secondary N) is 2. The summed E-state index contributed by atoms with van der Waals surface area (Å²) in [5.74, 6) is 0. The van der Waals surface area contributed by atoms with E-state index in [9.17, 15) is 4.79 Å². The molecule has 0 bridgehead atoms. The first-order valence-electron chi connectivity index (χ1n) is 3.19. The van der Waals surface area contributed by atoms with Crippen LogP contribution in [-0.2, 0) is 6.67 Å². The van der Waals surface area contributed by atoms with Gasteiger partial charge in [0, 0.05) is 12.3 Å². The fraction of sp³-hybridized carbons (Fsp3) is 0.333. The van der Waals surface area contributed by atoms with Crippen LogP contribution < -0.4 is 10.9 Å². The standard InChI is InChI=1S/C6H9N3OS/c1-7-4-9-5(10)2-3-8-6(9)11/h2-3,7H,4H2,1H3,(H,8,11). The second kappa shape index (κ2) is 3.45. The van der Waals surface area contributed by atoms with E-state index in [1.807, 2.05) is 0 Å². The van der Waals surface area contributed by atoms with E-state index < -0.39 is 0 Å². The van der Waals surface area contributed by atoms with Crippen LogP contribution >= 0.6 is 12.2 Å².